The van der Waals surface area contributed by atoms with Gasteiger partial charge in [0.15, 0.2) is 0 Å². The molecule has 312 valence electrons. The van der Waals surface area contributed by atoms with E-state index in [-0.39, 0.29) is 23.6 Å². The zero-order chi connectivity index (χ0) is 41.2. The predicted molar refractivity (Wildman–Crippen MR) is 231 cm³/mol. The number of amides is 4. The number of halogens is 1. The highest BCUT2D eigenvalue weighted by Crippen LogP contribution is 2.43. The van der Waals surface area contributed by atoms with Crippen LogP contribution in [0.25, 0.3) is 11.3 Å². The Morgan fingerprint density at radius 1 is 0.833 bits per heavy atom. The molecule has 5 aliphatic heterocycles. The van der Waals surface area contributed by atoms with E-state index in [4.69, 9.17) is 16.6 Å². The lowest BCUT2D eigenvalue weighted by atomic mass is 9.77. The number of nitrogens with one attached hydrogen (secondary N) is 3. The van der Waals surface area contributed by atoms with Crippen LogP contribution in [0.5, 0.6) is 0 Å². The molecule has 1 spiro atoms. The van der Waals surface area contributed by atoms with Gasteiger partial charge in [0.1, 0.15) is 6.04 Å². The van der Waals surface area contributed by atoms with Gasteiger partial charge in [0.2, 0.25) is 29.6 Å². The lowest BCUT2D eigenvalue weighted by Gasteiger charge is -2.39. The fourth-order valence-electron chi connectivity index (χ4n) is 9.54. The van der Waals surface area contributed by atoms with E-state index in [2.05, 4.69) is 60.0 Å². The number of benzene rings is 2. The molecule has 0 aliphatic carbocycles. The molecular weight excluding hydrogens is 780 g/mol. The Labute approximate surface area is 355 Å². The number of rotatable bonds is 10. The number of hydrogen-bond acceptors (Lipinski definition) is 11. The molecule has 2 aromatic carbocycles. The van der Waals surface area contributed by atoms with E-state index < -0.39 is 11.5 Å². The van der Waals surface area contributed by atoms with E-state index in [1.807, 2.05) is 40.1 Å². The van der Waals surface area contributed by atoms with Crippen LogP contribution in [-0.2, 0) is 19.2 Å². The molecule has 9 rings (SSSR count). The summed E-state index contributed by atoms with van der Waals surface area (Å²) in [6.45, 7) is 5.93. The number of carbonyl (C=O) groups is 4. The number of carbonyl (C=O) groups excluding carboxylic acids is 4. The Bertz CT molecular complexity index is 2250. The molecule has 15 heteroatoms. The molecule has 0 saturated carbocycles. The molecule has 1 unspecified atom stereocenters. The molecule has 5 aliphatic rings. The standard InChI is InChI=1S/C45H51ClN10O4/c46-37-28-48-44(52-41(37)32-4-3-5-35(24-32)54-17-1-2-18-54)50-34-25-36(27-47-26-34)56-23-16-45(43(56)60)14-21-55(22-15-45)40(58)29-53-19-12-31(13-20-53)30-6-8-33(9-7-30)49-38-10-11-39(57)51-42(38)59/h3-9,24-28,31,38,49H,1-2,10-23,29H2,(H,48,50,52)(H,51,57,59). The summed E-state index contributed by atoms with van der Waals surface area (Å²) in [5.41, 5.74) is 5.75. The average Bonchev–Trinajstić information content (AvgIpc) is 3.92. The van der Waals surface area contributed by atoms with Crippen molar-refractivity contribution >= 4 is 63.9 Å². The zero-order valence-corrected chi connectivity index (χ0v) is 34.5. The topological polar surface area (TPSA) is 156 Å². The van der Waals surface area contributed by atoms with Crippen molar-refractivity contribution in [2.75, 3.05) is 72.8 Å². The summed E-state index contributed by atoms with van der Waals surface area (Å²) in [5, 5.41) is 9.38. The highest BCUT2D eigenvalue weighted by atomic mass is 35.5. The molecular formula is C45H51ClN10O4. The van der Waals surface area contributed by atoms with E-state index in [1.54, 1.807) is 18.6 Å². The van der Waals surface area contributed by atoms with Gasteiger partial charge in [0, 0.05) is 56.1 Å². The summed E-state index contributed by atoms with van der Waals surface area (Å²) in [6.07, 6.45) is 12.2. The molecule has 60 heavy (non-hydrogen) atoms. The van der Waals surface area contributed by atoms with Gasteiger partial charge in [-0.25, -0.2) is 9.97 Å². The number of likely N-dealkylation sites (tertiary alicyclic amines) is 2. The second-order valence-electron chi connectivity index (χ2n) is 16.9. The van der Waals surface area contributed by atoms with Crippen LogP contribution in [0, 0.1) is 5.41 Å². The van der Waals surface area contributed by atoms with Crippen molar-refractivity contribution in [1.29, 1.82) is 0 Å². The van der Waals surface area contributed by atoms with E-state index in [0.717, 1.165) is 68.1 Å². The quantitative estimate of drug-likeness (QED) is 0.162. The maximum Gasteiger partial charge on any atom is 0.249 e. The van der Waals surface area contributed by atoms with Gasteiger partial charge < -0.3 is 25.3 Å². The van der Waals surface area contributed by atoms with Crippen LogP contribution in [0.3, 0.4) is 0 Å². The number of hydrogen-bond donors (Lipinski definition) is 3. The molecule has 4 aromatic rings. The Kier molecular flexibility index (Phi) is 11.4. The Morgan fingerprint density at radius 3 is 2.37 bits per heavy atom. The largest absolute Gasteiger partial charge is 0.374 e. The molecule has 1 atom stereocenters. The molecule has 5 saturated heterocycles. The average molecular weight is 831 g/mol. The van der Waals surface area contributed by atoms with Crippen molar-refractivity contribution in [3.05, 3.63) is 83.8 Å². The summed E-state index contributed by atoms with van der Waals surface area (Å²) < 4.78 is 0. The number of aromatic nitrogens is 3. The van der Waals surface area contributed by atoms with Gasteiger partial charge >= 0.3 is 0 Å². The zero-order valence-electron chi connectivity index (χ0n) is 33.7. The van der Waals surface area contributed by atoms with E-state index in [0.29, 0.717) is 80.1 Å². The summed E-state index contributed by atoms with van der Waals surface area (Å²) in [5.74, 6) is 0.520. The van der Waals surface area contributed by atoms with Crippen molar-refractivity contribution in [3.8, 4) is 11.3 Å². The lowest BCUT2D eigenvalue weighted by molar-refractivity contribution is -0.138. The normalized spacial score (nSPS) is 21.1. The van der Waals surface area contributed by atoms with Gasteiger partial charge in [-0.05, 0) is 106 Å². The first-order chi connectivity index (χ1) is 29.2. The highest BCUT2D eigenvalue weighted by Gasteiger charge is 2.49. The van der Waals surface area contributed by atoms with Gasteiger partial charge in [0.25, 0.3) is 0 Å². The molecule has 7 heterocycles. The van der Waals surface area contributed by atoms with Crippen molar-refractivity contribution in [2.24, 2.45) is 5.41 Å². The number of nitrogens with zero attached hydrogens (tertiary/aromatic N) is 7. The minimum Gasteiger partial charge on any atom is -0.374 e. The van der Waals surface area contributed by atoms with Gasteiger partial charge in [0.05, 0.1) is 52.6 Å². The second-order valence-corrected chi connectivity index (χ2v) is 17.3. The third-order valence-electron chi connectivity index (χ3n) is 13.1. The van der Waals surface area contributed by atoms with Gasteiger partial charge in [-0.1, -0.05) is 35.9 Å². The maximum absolute atomic E-state index is 14.1. The van der Waals surface area contributed by atoms with Crippen LogP contribution in [0.4, 0.5) is 28.7 Å². The first-order valence-electron chi connectivity index (χ1n) is 21.3. The van der Waals surface area contributed by atoms with E-state index >= 15 is 0 Å². The van der Waals surface area contributed by atoms with Gasteiger partial charge in [-0.2, -0.15) is 0 Å². The fraction of sp³-hybridized carbons (Fsp3) is 0.444. The van der Waals surface area contributed by atoms with Crippen LogP contribution in [-0.4, -0.2) is 107 Å². The number of anilines is 5. The summed E-state index contributed by atoms with van der Waals surface area (Å²) in [6, 6.07) is 18.0. The maximum atomic E-state index is 14.1. The molecule has 0 bridgehead atoms. The number of imide groups is 1. The SMILES string of the molecule is O=C1CCC(Nc2ccc(C3CCN(CC(=O)N4CCC5(CC4)CCN(c4cncc(Nc6ncc(Cl)c(-c7cccc(N8CCCC8)c7)n6)c4)C5=O)CC3)cc2)C(=O)N1. The molecule has 4 amide bonds. The minimum absolute atomic E-state index is 0.0957. The van der Waals surface area contributed by atoms with Crippen molar-refractivity contribution < 1.29 is 19.2 Å². The minimum atomic E-state index is -0.483. The summed E-state index contributed by atoms with van der Waals surface area (Å²) >= 11 is 6.61. The monoisotopic (exact) mass is 830 g/mol. The van der Waals surface area contributed by atoms with Gasteiger partial charge in [-0.3, -0.25) is 34.4 Å². The smallest absolute Gasteiger partial charge is 0.249 e. The number of pyridine rings is 1. The summed E-state index contributed by atoms with van der Waals surface area (Å²) in [4.78, 5) is 73.3. The molecule has 5 fully saturated rings. The molecule has 0 radical (unpaired) electrons. The third kappa shape index (κ3) is 8.53. The predicted octanol–water partition coefficient (Wildman–Crippen LogP) is 5.98. The van der Waals surface area contributed by atoms with Crippen LogP contribution >= 0.6 is 11.6 Å². The van der Waals surface area contributed by atoms with E-state index in [1.165, 1.54) is 18.4 Å². The third-order valence-corrected chi connectivity index (χ3v) is 13.4. The summed E-state index contributed by atoms with van der Waals surface area (Å²) in [7, 11) is 0. The lowest BCUT2D eigenvalue weighted by Crippen LogP contribution is -2.49. The van der Waals surface area contributed by atoms with Crippen LogP contribution in [0.2, 0.25) is 5.02 Å². The molecule has 14 nitrogen and oxygen atoms in total. The second kappa shape index (κ2) is 17.2. The van der Waals surface area contributed by atoms with Crippen molar-refractivity contribution in [3.63, 3.8) is 0 Å². The van der Waals surface area contributed by atoms with Crippen molar-refractivity contribution in [1.82, 2.24) is 30.1 Å². The first kappa shape index (κ1) is 39.8. The molecule has 3 N–H and O–H groups in total. The fourth-order valence-corrected chi connectivity index (χ4v) is 9.74. The first-order valence-corrected chi connectivity index (χ1v) is 21.7. The van der Waals surface area contributed by atoms with Crippen LogP contribution < -0.4 is 25.8 Å². The molecule has 2 aromatic heterocycles. The number of piperidine rings is 3. The van der Waals surface area contributed by atoms with Crippen molar-refractivity contribution in [2.45, 2.75) is 69.7 Å². The Hall–Kier alpha value is -5.60. The van der Waals surface area contributed by atoms with E-state index in [9.17, 15) is 19.2 Å². The highest BCUT2D eigenvalue weighted by molar-refractivity contribution is 6.33. The Morgan fingerprint density at radius 2 is 1.60 bits per heavy atom. The van der Waals surface area contributed by atoms with Crippen LogP contribution in [0.15, 0.2) is 73.2 Å². The van der Waals surface area contributed by atoms with Gasteiger partial charge in [-0.15, -0.1) is 0 Å². The Balaban J connectivity index is 0.752. The van der Waals surface area contributed by atoms with Crippen LogP contribution in [0.1, 0.15) is 69.3 Å².